The molecule has 15 heavy (non-hydrogen) atoms. The number of nitrogens with one attached hydrogen (secondary N) is 1. The van der Waals surface area contributed by atoms with Crippen molar-refractivity contribution in [2.75, 3.05) is 19.6 Å². The van der Waals surface area contributed by atoms with E-state index in [0.717, 1.165) is 32.5 Å². The van der Waals surface area contributed by atoms with Crippen LogP contribution in [0.1, 0.15) is 32.6 Å². The highest BCUT2D eigenvalue weighted by Crippen LogP contribution is 2.18. The summed E-state index contributed by atoms with van der Waals surface area (Å²) in [6.45, 7) is 4.48. The summed E-state index contributed by atoms with van der Waals surface area (Å²) >= 11 is 0. The van der Waals surface area contributed by atoms with Crippen LogP contribution in [0.2, 0.25) is 0 Å². The molecule has 1 rings (SSSR count). The van der Waals surface area contributed by atoms with E-state index in [4.69, 9.17) is 5.26 Å². The largest absolute Gasteiger partial charge is 0.353 e. The summed E-state index contributed by atoms with van der Waals surface area (Å²) in [4.78, 5) is 13.5. The molecule has 0 atom stereocenters. The van der Waals surface area contributed by atoms with Gasteiger partial charge in [-0.05, 0) is 19.4 Å². The van der Waals surface area contributed by atoms with Gasteiger partial charge in [0.05, 0.1) is 6.07 Å². The lowest BCUT2D eigenvalue weighted by Crippen LogP contribution is -2.32. The first-order valence-corrected chi connectivity index (χ1v) is 5.65. The third-order valence-corrected chi connectivity index (χ3v) is 2.58. The molecule has 0 spiro atoms. The van der Waals surface area contributed by atoms with Gasteiger partial charge in [0.2, 0.25) is 5.91 Å². The first-order chi connectivity index (χ1) is 7.26. The van der Waals surface area contributed by atoms with E-state index < -0.39 is 0 Å². The Morgan fingerprint density at radius 3 is 2.80 bits per heavy atom. The molecule has 0 bridgehead atoms. The molecule has 4 nitrogen and oxygen atoms in total. The number of amides is 1. The quantitative estimate of drug-likeness (QED) is 0.677. The molecule has 0 aromatic rings. The van der Waals surface area contributed by atoms with Gasteiger partial charge in [-0.3, -0.25) is 4.79 Å². The predicted octanol–water partition coefficient (Wildman–Crippen LogP) is 0.891. The minimum atomic E-state index is 0.146. The second kappa shape index (κ2) is 6.41. The molecule has 0 aromatic carbocycles. The number of carbonyl (C=O) groups excluding carboxylic acids is 1. The van der Waals surface area contributed by atoms with Crippen LogP contribution in [0.5, 0.6) is 0 Å². The van der Waals surface area contributed by atoms with Crippen molar-refractivity contribution in [1.82, 2.24) is 10.2 Å². The molecule has 1 saturated carbocycles. The average Bonchev–Trinajstić information content (AvgIpc) is 3.02. The van der Waals surface area contributed by atoms with Crippen LogP contribution in [-0.4, -0.2) is 36.5 Å². The van der Waals surface area contributed by atoms with Crippen LogP contribution in [-0.2, 0) is 4.79 Å². The van der Waals surface area contributed by atoms with Crippen LogP contribution in [0.25, 0.3) is 0 Å². The van der Waals surface area contributed by atoms with E-state index in [1.807, 2.05) is 0 Å². The predicted molar refractivity (Wildman–Crippen MR) is 58.1 cm³/mol. The van der Waals surface area contributed by atoms with E-state index in [0.29, 0.717) is 18.9 Å². The Kier molecular flexibility index (Phi) is 5.13. The normalized spacial score (nSPS) is 15.0. The van der Waals surface area contributed by atoms with Crippen LogP contribution in [0.15, 0.2) is 0 Å². The van der Waals surface area contributed by atoms with Gasteiger partial charge < -0.3 is 10.2 Å². The first kappa shape index (κ1) is 12.0. The van der Waals surface area contributed by atoms with Crippen molar-refractivity contribution in [1.29, 1.82) is 5.26 Å². The number of nitriles is 1. The van der Waals surface area contributed by atoms with E-state index in [2.05, 4.69) is 23.2 Å². The molecule has 0 heterocycles. The molecule has 0 unspecified atom stereocenters. The maximum Gasteiger partial charge on any atom is 0.221 e. The van der Waals surface area contributed by atoms with Crippen molar-refractivity contribution in [2.24, 2.45) is 0 Å². The zero-order chi connectivity index (χ0) is 11.1. The number of hydrogen-bond donors (Lipinski definition) is 1. The minimum absolute atomic E-state index is 0.146. The summed E-state index contributed by atoms with van der Waals surface area (Å²) in [6, 6.07) is 2.57. The lowest BCUT2D eigenvalue weighted by Gasteiger charge is -2.18. The third-order valence-electron chi connectivity index (χ3n) is 2.58. The van der Waals surface area contributed by atoms with Gasteiger partial charge in [0, 0.05) is 32.0 Å². The summed E-state index contributed by atoms with van der Waals surface area (Å²) in [5.74, 6) is 0.146. The van der Waals surface area contributed by atoms with E-state index in [1.54, 1.807) is 0 Å². The van der Waals surface area contributed by atoms with E-state index in [9.17, 15) is 4.79 Å². The molecule has 1 fully saturated rings. The lowest BCUT2D eigenvalue weighted by molar-refractivity contribution is -0.121. The smallest absolute Gasteiger partial charge is 0.221 e. The van der Waals surface area contributed by atoms with Gasteiger partial charge in [0.15, 0.2) is 0 Å². The molecule has 1 N–H and O–H groups in total. The standard InChI is InChI=1S/C11H19N3O/c1-2-14(8-3-7-12)9-6-11(15)13-10-4-5-10/h10H,2-6,8-9H2,1H3,(H,13,15). The van der Waals surface area contributed by atoms with Crippen LogP contribution in [0, 0.1) is 11.3 Å². The van der Waals surface area contributed by atoms with Crippen molar-refractivity contribution < 1.29 is 4.79 Å². The molecule has 1 aliphatic carbocycles. The Balaban J connectivity index is 2.09. The second-order valence-corrected chi connectivity index (χ2v) is 3.93. The Morgan fingerprint density at radius 1 is 1.53 bits per heavy atom. The summed E-state index contributed by atoms with van der Waals surface area (Å²) in [7, 11) is 0. The van der Waals surface area contributed by atoms with Crippen molar-refractivity contribution in [3.8, 4) is 6.07 Å². The molecular weight excluding hydrogens is 190 g/mol. The van der Waals surface area contributed by atoms with Crippen molar-refractivity contribution in [3.63, 3.8) is 0 Å². The fourth-order valence-corrected chi connectivity index (χ4v) is 1.42. The fraction of sp³-hybridized carbons (Fsp3) is 0.818. The van der Waals surface area contributed by atoms with Crippen LogP contribution >= 0.6 is 0 Å². The molecule has 0 saturated heterocycles. The van der Waals surface area contributed by atoms with Crippen molar-refractivity contribution in [3.05, 3.63) is 0 Å². The van der Waals surface area contributed by atoms with Gasteiger partial charge in [0.25, 0.3) is 0 Å². The maximum atomic E-state index is 11.4. The van der Waals surface area contributed by atoms with Gasteiger partial charge >= 0.3 is 0 Å². The monoisotopic (exact) mass is 209 g/mol. The van der Waals surface area contributed by atoms with Crippen LogP contribution < -0.4 is 5.32 Å². The average molecular weight is 209 g/mol. The Morgan fingerprint density at radius 2 is 2.27 bits per heavy atom. The topological polar surface area (TPSA) is 56.1 Å². The van der Waals surface area contributed by atoms with E-state index in [-0.39, 0.29) is 5.91 Å². The highest BCUT2D eigenvalue weighted by Gasteiger charge is 2.22. The molecule has 1 amide bonds. The van der Waals surface area contributed by atoms with Crippen molar-refractivity contribution in [2.45, 2.75) is 38.6 Å². The van der Waals surface area contributed by atoms with Gasteiger partial charge in [-0.2, -0.15) is 5.26 Å². The molecular formula is C11H19N3O. The third kappa shape index (κ3) is 5.38. The minimum Gasteiger partial charge on any atom is -0.353 e. The molecule has 84 valence electrons. The molecule has 0 radical (unpaired) electrons. The van der Waals surface area contributed by atoms with E-state index >= 15 is 0 Å². The zero-order valence-corrected chi connectivity index (χ0v) is 9.33. The Bertz CT molecular complexity index is 243. The van der Waals surface area contributed by atoms with Gasteiger partial charge in [-0.15, -0.1) is 0 Å². The number of nitrogens with zero attached hydrogens (tertiary/aromatic N) is 2. The summed E-state index contributed by atoms with van der Waals surface area (Å²) < 4.78 is 0. The van der Waals surface area contributed by atoms with Crippen LogP contribution in [0.4, 0.5) is 0 Å². The lowest BCUT2D eigenvalue weighted by atomic mass is 10.3. The van der Waals surface area contributed by atoms with Gasteiger partial charge in [-0.1, -0.05) is 6.92 Å². The summed E-state index contributed by atoms with van der Waals surface area (Å²) in [6.07, 6.45) is 3.36. The van der Waals surface area contributed by atoms with Crippen LogP contribution in [0.3, 0.4) is 0 Å². The summed E-state index contributed by atoms with van der Waals surface area (Å²) in [5, 5.41) is 11.4. The molecule has 1 aliphatic rings. The molecule has 4 heteroatoms. The van der Waals surface area contributed by atoms with Gasteiger partial charge in [-0.25, -0.2) is 0 Å². The first-order valence-electron chi connectivity index (χ1n) is 5.65. The highest BCUT2D eigenvalue weighted by molar-refractivity contribution is 5.76. The van der Waals surface area contributed by atoms with Gasteiger partial charge in [0.1, 0.15) is 0 Å². The fourth-order valence-electron chi connectivity index (χ4n) is 1.42. The SMILES string of the molecule is CCN(CCC#N)CCC(=O)NC1CC1. The number of carbonyl (C=O) groups is 1. The maximum absolute atomic E-state index is 11.4. The second-order valence-electron chi connectivity index (χ2n) is 3.93. The number of rotatable bonds is 7. The Labute approximate surface area is 91.2 Å². The van der Waals surface area contributed by atoms with Crippen molar-refractivity contribution >= 4 is 5.91 Å². The highest BCUT2D eigenvalue weighted by atomic mass is 16.1. The molecule has 0 aliphatic heterocycles. The number of hydrogen-bond acceptors (Lipinski definition) is 3. The zero-order valence-electron chi connectivity index (χ0n) is 9.33. The Hall–Kier alpha value is -1.08. The molecule has 0 aromatic heterocycles. The summed E-state index contributed by atoms with van der Waals surface area (Å²) in [5.41, 5.74) is 0. The van der Waals surface area contributed by atoms with E-state index in [1.165, 1.54) is 0 Å².